The maximum Gasteiger partial charge on any atom is 0.223 e. The van der Waals surface area contributed by atoms with E-state index in [1.165, 1.54) is 12.1 Å². The van der Waals surface area contributed by atoms with Gasteiger partial charge in [-0.25, -0.2) is 8.78 Å². The Bertz CT molecular complexity index is 737. The molecule has 1 saturated carbocycles. The van der Waals surface area contributed by atoms with Crippen molar-refractivity contribution in [2.75, 3.05) is 19.8 Å². The van der Waals surface area contributed by atoms with Crippen LogP contribution in [-0.4, -0.2) is 55.2 Å². The van der Waals surface area contributed by atoms with Gasteiger partial charge in [-0.05, 0) is 42.4 Å². The molecule has 32 heavy (non-hydrogen) atoms. The van der Waals surface area contributed by atoms with Crippen molar-refractivity contribution in [3.8, 4) is 0 Å². The Morgan fingerprint density at radius 2 is 1.91 bits per heavy atom. The second-order valence-electron chi connectivity index (χ2n) is 10.2. The van der Waals surface area contributed by atoms with Gasteiger partial charge in [0.15, 0.2) is 6.29 Å². The molecular weight excluding hydrogens is 418 g/mol. The highest BCUT2D eigenvalue weighted by atomic mass is 19.1. The lowest BCUT2D eigenvalue weighted by molar-refractivity contribution is -0.182. The molecule has 1 aliphatic heterocycles. The topological polar surface area (TPSA) is 79.8 Å². The number of rotatable bonds is 8. The second-order valence-corrected chi connectivity index (χ2v) is 10.2. The first-order chi connectivity index (χ1) is 15.1. The van der Waals surface area contributed by atoms with Crippen molar-refractivity contribution >= 4 is 5.91 Å². The van der Waals surface area contributed by atoms with E-state index < -0.39 is 36.1 Å². The standard InChI is InChI=1S/C24H36F2N2O4/c1-24(2,3)14-32-21-12-27-20(13-31-21)22(29)19(28-23(30)16-6-4-5-7-16)10-15-8-17(25)11-18(26)9-15/h8-9,11,16,19-22,27,29H,4-7,10,12-14H2,1-3H3,(H,28,30)/t19-,20+,21-,22-/m0/s1. The van der Waals surface area contributed by atoms with Gasteiger partial charge in [-0.1, -0.05) is 33.6 Å². The summed E-state index contributed by atoms with van der Waals surface area (Å²) in [6.07, 6.45) is 2.35. The van der Waals surface area contributed by atoms with E-state index >= 15 is 0 Å². The third kappa shape index (κ3) is 7.47. The quantitative estimate of drug-likeness (QED) is 0.563. The molecule has 1 heterocycles. The summed E-state index contributed by atoms with van der Waals surface area (Å²) >= 11 is 0. The van der Waals surface area contributed by atoms with Crippen LogP contribution in [0.2, 0.25) is 0 Å². The Kier molecular flexibility index (Phi) is 8.61. The summed E-state index contributed by atoms with van der Waals surface area (Å²) < 4.78 is 39.0. The van der Waals surface area contributed by atoms with E-state index in [1.807, 2.05) is 0 Å². The fraction of sp³-hybridized carbons (Fsp3) is 0.708. The summed E-state index contributed by atoms with van der Waals surface area (Å²) in [5, 5.41) is 17.3. The van der Waals surface area contributed by atoms with Crippen LogP contribution in [0.4, 0.5) is 8.78 Å². The third-order valence-electron chi connectivity index (χ3n) is 5.97. The molecule has 1 amide bonds. The van der Waals surface area contributed by atoms with E-state index in [0.717, 1.165) is 31.7 Å². The van der Waals surface area contributed by atoms with E-state index in [2.05, 4.69) is 31.4 Å². The van der Waals surface area contributed by atoms with E-state index in [4.69, 9.17) is 9.47 Å². The average molecular weight is 455 g/mol. The molecule has 0 spiro atoms. The van der Waals surface area contributed by atoms with Gasteiger partial charge in [-0.15, -0.1) is 0 Å². The minimum absolute atomic E-state index is 0.00949. The molecule has 0 radical (unpaired) electrons. The van der Waals surface area contributed by atoms with E-state index in [9.17, 15) is 18.7 Å². The lowest BCUT2D eigenvalue weighted by Crippen LogP contribution is -2.60. The number of morpholine rings is 1. The smallest absolute Gasteiger partial charge is 0.223 e. The van der Waals surface area contributed by atoms with Crippen LogP contribution >= 0.6 is 0 Å². The molecule has 0 unspecified atom stereocenters. The first kappa shape index (κ1) is 25.0. The van der Waals surface area contributed by atoms with Crippen molar-refractivity contribution in [3.05, 3.63) is 35.4 Å². The van der Waals surface area contributed by atoms with E-state index in [0.29, 0.717) is 18.7 Å². The van der Waals surface area contributed by atoms with E-state index in [1.54, 1.807) is 0 Å². The molecular formula is C24H36F2N2O4. The van der Waals surface area contributed by atoms with Crippen LogP contribution < -0.4 is 10.6 Å². The molecule has 3 rings (SSSR count). The zero-order valence-electron chi connectivity index (χ0n) is 19.2. The van der Waals surface area contributed by atoms with Crippen molar-refractivity contribution in [2.45, 2.75) is 77.4 Å². The Hall–Kier alpha value is -1.61. The van der Waals surface area contributed by atoms with Crippen molar-refractivity contribution in [2.24, 2.45) is 11.3 Å². The number of hydrogen-bond donors (Lipinski definition) is 3. The summed E-state index contributed by atoms with van der Waals surface area (Å²) in [5.41, 5.74) is 0.386. The van der Waals surface area contributed by atoms with Crippen LogP contribution in [0.1, 0.15) is 52.0 Å². The first-order valence-electron chi connectivity index (χ1n) is 11.5. The number of carbonyl (C=O) groups excluding carboxylic acids is 1. The van der Waals surface area contributed by atoms with Gasteiger partial charge in [-0.3, -0.25) is 4.79 Å². The van der Waals surface area contributed by atoms with Gasteiger partial charge in [0.2, 0.25) is 5.91 Å². The number of halogens is 2. The molecule has 0 bridgehead atoms. The van der Waals surface area contributed by atoms with Gasteiger partial charge in [0, 0.05) is 18.5 Å². The molecule has 2 fully saturated rings. The zero-order valence-corrected chi connectivity index (χ0v) is 19.2. The monoisotopic (exact) mass is 454 g/mol. The van der Waals surface area contributed by atoms with Crippen LogP contribution in [0.5, 0.6) is 0 Å². The predicted molar refractivity (Wildman–Crippen MR) is 117 cm³/mol. The Morgan fingerprint density at radius 1 is 1.25 bits per heavy atom. The fourth-order valence-corrected chi connectivity index (χ4v) is 4.25. The highest BCUT2D eigenvalue weighted by molar-refractivity contribution is 5.79. The number of carbonyl (C=O) groups is 1. The van der Waals surface area contributed by atoms with Gasteiger partial charge < -0.3 is 25.2 Å². The zero-order chi connectivity index (χ0) is 23.3. The molecule has 1 aromatic carbocycles. The SMILES string of the molecule is CC(C)(C)CO[C@H]1CN[C@@H]([C@@H](O)[C@H](Cc2cc(F)cc(F)c2)NC(=O)C2CCCC2)CO1. The molecule has 0 aromatic heterocycles. The largest absolute Gasteiger partial charge is 0.389 e. The normalized spacial score (nSPS) is 24.3. The number of aliphatic hydroxyl groups excluding tert-OH is 1. The number of aliphatic hydroxyl groups is 1. The van der Waals surface area contributed by atoms with Crippen LogP contribution in [-0.2, 0) is 20.7 Å². The van der Waals surface area contributed by atoms with Gasteiger partial charge in [0.1, 0.15) is 11.6 Å². The molecule has 6 nitrogen and oxygen atoms in total. The van der Waals surface area contributed by atoms with Gasteiger partial charge in [0.25, 0.3) is 0 Å². The summed E-state index contributed by atoms with van der Waals surface area (Å²) in [6, 6.07) is 2.10. The molecule has 4 atom stereocenters. The van der Waals surface area contributed by atoms with Crippen molar-refractivity contribution < 1.29 is 28.2 Å². The lowest BCUT2D eigenvalue weighted by atomic mass is 9.94. The van der Waals surface area contributed by atoms with Crippen molar-refractivity contribution in [1.82, 2.24) is 10.6 Å². The highest BCUT2D eigenvalue weighted by Crippen LogP contribution is 2.25. The maximum atomic E-state index is 13.7. The Morgan fingerprint density at radius 3 is 2.47 bits per heavy atom. The molecule has 2 aliphatic rings. The molecule has 1 saturated heterocycles. The molecule has 1 aromatic rings. The summed E-state index contributed by atoms with van der Waals surface area (Å²) in [6.45, 7) is 7.35. The van der Waals surface area contributed by atoms with Crippen molar-refractivity contribution in [3.63, 3.8) is 0 Å². The molecule has 180 valence electrons. The second kappa shape index (κ2) is 11.0. The highest BCUT2D eigenvalue weighted by Gasteiger charge is 2.35. The number of benzene rings is 1. The van der Waals surface area contributed by atoms with Crippen LogP contribution in [0, 0.1) is 23.0 Å². The van der Waals surface area contributed by atoms with Crippen LogP contribution in [0.3, 0.4) is 0 Å². The minimum atomic E-state index is -1.00. The minimum Gasteiger partial charge on any atom is -0.389 e. The van der Waals surface area contributed by atoms with Crippen LogP contribution in [0.15, 0.2) is 18.2 Å². The number of nitrogens with one attached hydrogen (secondary N) is 2. The summed E-state index contributed by atoms with van der Waals surface area (Å²) in [7, 11) is 0. The van der Waals surface area contributed by atoms with Gasteiger partial charge >= 0.3 is 0 Å². The first-order valence-corrected chi connectivity index (χ1v) is 11.5. The number of ether oxygens (including phenoxy) is 2. The molecule has 3 N–H and O–H groups in total. The van der Waals surface area contributed by atoms with Crippen molar-refractivity contribution in [1.29, 1.82) is 0 Å². The van der Waals surface area contributed by atoms with Gasteiger partial charge in [0.05, 0.1) is 31.4 Å². The lowest BCUT2D eigenvalue weighted by Gasteiger charge is -2.37. The summed E-state index contributed by atoms with van der Waals surface area (Å²) in [4.78, 5) is 12.8. The number of amides is 1. The predicted octanol–water partition coefficient (Wildman–Crippen LogP) is 2.92. The Balaban J connectivity index is 1.64. The Labute approximate surface area is 189 Å². The van der Waals surface area contributed by atoms with E-state index in [-0.39, 0.29) is 30.3 Å². The average Bonchev–Trinajstić information content (AvgIpc) is 3.25. The maximum absolute atomic E-state index is 13.7. The molecule has 1 aliphatic carbocycles. The van der Waals surface area contributed by atoms with Gasteiger partial charge in [-0.2, -0.15) is 0 Å². The summed E-state index contributed by atoms with van der Waals surface area (Å²) in [5.74, 6) is -1.58. The number of hydrogen-bond acceptors (Lipinski definition) is 5. The molecule has 8 heteroatoms. The third-order valence-corrected chi connectivity index (χ3v) is 5.97. The fourth-order valence-electron chi connectivity index (χ4n) is 4.25. The van der Waals surface area contributed by atoms with Crippen LogP contribution in [0.25, 0.3) is 0 Å².